The summed E-state index contributed by atoms with van der Waals surface area (Å²) in [5, 5.41) is 11.7. The first-order valence-electron chi connectivity index (χ1n) is 6.03. The fraction of sp³-hybridized carbons (Fsp3) is 0. The van der Waals surface area contributed by atoms with Crippen molar-refractivity contribution in [3.05, 3.63) is 54.6 Å². The van der Waals surface area contributed by atoms with Crippen LogP contribution in [0.4, 0.5) is 0 Å². The van der Waals surface area contributed by atoms with E-state index in [1.807, 2.05) is 6.07 Å². The zero-order chi connectivity index (χ0) is 12.1. The summed E-state index contributed by atoms with van der Waals surface area (Å²) in [6.07, 6.45) is 0. The zero-order valence-corrected chi connectivity index (χ0v) is 9.72. The molecule has 1 nitrogen and oxygen atoms in total. The lowest BCUT2D eigenvalue weighted by Gasteiger charge is -2.05. The molecule has 0 spiro atoms. The predicted octanol–water partition coefficient (Wildman–Crippen LogP) is 2.72. The summed E-state index contributed by atoms with van der Waals surface area (Å²) in [7, 11) is 1.19. The summed E-state index contributed by atoms with van der Waals surface area (Å²) in [6.45, 7) is 0. The predicted molar refractivity (Wildman–Crippen MR) is 76.0 cm³/mol. The second-order valence-electron chi connectivity index (χ2n) is 4.61. The molecule has 1 radical (unpaired) electrons. The van der Waals surface area contributed by atoms with Crippen LogP contribution >= 0.6 is 0 Å². The van der Waals surface area contributed by atoms with Crippen LogP contribution in [-0.4, -0.2) is 12.5 Å². The topological polar surface area (TPSA) is 20.2 Å². The van der Waals surface area contributed by atoms with Gasteiger partial charge < -0.3 is 5.02 Å². The fourth-order valence-corrected chi connectivity index (χ4v) is 2.94. The van der Waals surface area contributed by atoms with Gasteiger partial charge in [0.15, 0.2) is 0 Å². The molecule has 0 amide bonds. The van der Waals surface area contributed by atoms with Gasteiger partial charge in [-0.3, -0.25) is 0 Å². The van der Waals surface area contributed by atoms with Gasteiger partial charge in [-0.2, -0.15) is 0 Å². The van der Waals surface area contributed by atoms with Gasteiger partial charge >= 0.3 is 7.48 Å². The molecule has 0 fully saturated rings. The molecule has 18 heavy (non-hydrogen) atoms. The van der Waals surface area contributed by atoms with Crippen LogP contribution in [0.2, 0.25) is 0 Å². The maximum absolute atomic E-state index is 9.33. The van der Waals surface area contributed by atoms with Crippen LogP contribution in [0.5, 0.6) is 0 Å². The minimum Gasteiger partial charge on any atom is -0.450 e. The second kappa shape index (κ2) is 3.47. The molecule has 0 unspecified atom stereocenters. The summed E-state index contributed by atoms with van der Waals surface area (Å²) >= 11 is 0. The third-order valence-corrected chi connectivity index (χ3v) is 3.72. The zero-order valence-electron chi connectivity index (χ0n) is 9.72. The average molecular weight is 229 g/mol. The third kappa shape index (κ3) is 1.11. The molecule has 2 heteroatoms. The normalized spacial score (nSPS) is 11.6. The van der Waals surface area contributed by atoms with E-state index in [1.165, 1.54) is 35.1 Å². The first-order chi connectivity index (χ1) is 8.90. The molecule has 0 bridgehead atoms. The van der Waals surface area contributed by atoms with Crippen molar-refractivity contribution in [1.82, 2.24) is 0 Å². The summed E-state index contributed by atoms with van der Waals surface area (Å²) in [5.41, 5.74) is 5.98. The van der Waals surface area contributed by atoms with Crippen molar-refractivity contribution in [2.75, 3.05) is 0 Å². The number of hydrogen-bond donors (Lipinski definition) is 1. The van der Waals surface area contributed by atoms with Crippen molar-refractivity contribution in [3.8, 4) is 22.3 Å². The molecule has 1 N–H and O–H groups in total. The number of fused-ring (bicyclic) bond motifs is 3. The Morgan fingerprint density at radius 1 is 0.667 bits per heavy atom. The Hall–Kier alpha value is -2.06. The number of hydrogen-bond acceptors (Lipinski definition) is 1. The van der Waals surface area contributed by atoms with Crippen LogP contribution < -0.4 is 5.46 Å². The van der Waals surface area contributed by atoms with Crippen molar-refractivity contribution in [3.63, 3.8) is 0 Å². The molecule has 83 valence electrons. The SMILES string of the molecule is O[B]c1ccc2c3c(cccc13)-c1ccccc1-2. The molecular formula is C16H10BO. The van der Waals surface area contributed by atoms with Gasteiger partial charge in [0.1, 0.15) is 0 Å². The maximum atomic E-state index is 9.33. The lowest BCUT2D eigenvalue weighted by atomic mass is 9.83. The van der Waals surface area contributed by atoms with Gasteiger partial charge in [-0.1, -0.05) is 54.6 Å². The largest absolute Gasteiger partial charge is 0.450 e. The Labute approximate surface area is 106 Å². The van der Waals surface area contributed by atoms with Crippen LogP contribution in [0.1, 0.15) is 0 Å². The van der Waals surface area contributed by atoms with E-state index in [1.54, 1.807) is 0 Å². The smallest absolute Gasteiger partial charge is 0.327 e. The Morgan fingerprint density at radius 2 is 1.33 bits per heavy atom. The van der Waals surface area contributed by atoms with E-state index in [0.717, 1.165) is 10.8 Å². The minimum atomic E-state index is 0.878. The second-order valence-corrected chi connectivity index (χ2v) is 4.61. The first kappa shape index (κ1) is 9.92. The highest BCUT2D eigenvalue weighted by Gasteiger charge is 2.21. The summed E-state index contributed by atoms with van der Waals surface area (Å²) in [5.74, 6) is 0. The molecule has 3 aromatic rings. The summed E-state index contributed by atoms with van der Waals surface area (Å²) in [6, 6.07) is 18.8. The Balaban J connectivity index is 2.23. The molecule has 3 aromatic carbocycles. The van der Waals surface area contributed by atoms with E-state index < -0.39 is 0 Å². The van der Waals surface area contributed by atoms with Crippen LogP contribution in [-0.2, 0) is 0 Å². The average Bonchev–Trinajstić information content (AvgIpc) is 2.77. The molecule has 1 aliphatic rings. The van der Waals surface area contributed by atoms with E-state index in [2.05, 4.69) is 48.5 Å². The van der Waals surface area contributed by atoms with Crippen molar-refractivity contribution in [1.29, 1.82) is 0 Å². The molecule has 0 aliphatic heterocycles. The van der Waals surface area contributed by atoms with Gasteiger partial charge in [0.05, 0.1) is 0 Å². The molecule has 0 saturated carbocycles. The summed E-state index contributed by atoms with van der Waals surface area (Å²) in [4.78, 5) is 0. The van der Waals surface area contributed by atoms with E-state index in [-0.39, 0.29) is 0 Å². The lowest BCUT2D eigenvalue weighted by Crippen LogP contribution is -2.14. The highest BCUT2D eigenvalue weighted by atomic mass is 16.2. The Morgan fingerprint density at radius 3 is 2.06 bits per heavy atom. The maximum Gasteiger partial charge on any atom is 0.327 e. The van der Waals surface area contributed by atoms with Gasteiger partial charge in [-0.15, -0.1) is 0 Å². The molecule has 0 saturated heterocycles. The van der Waals surface area contributed by atoms with Gasteiger partial charge in [-0.05, 0) is 38.5 Å². The van der Waals surface area contributed by atoms with Crippen molar-refractivity contribution in [2.24, 2.45) is 0 Å². The van der Waals surface area contributed by atoms with Crippen LogP contribution in [0.15, 0.2) is 54.6 Å². The highest BCUT2D eigenvalue weighted by Crippen LogP contribution is 2.46. The summed E-state index contributed by atoms with van der Waals surface area (Å²) < 4.78 is 0. The minimum absolute atomic E-state index is 0.878. The van der Waals surface area contributed by atoms with E-state index in [0.29, 0.717) is 0 Å². The van der Waals surface area contributed by atoms with Crippen LogP contribution in [0.25, 0.3) is 33.0 Å². The Kier molecular flexibility index (Phi) is 1.91. The monoisotopic (exact) mass is 229 g/mol. The first-order valence-corrected chi connectivity index (χ1v) is 6.03. The lowest BCUT2D eigenvalue weighted by molar-refractivity contribution is 0.616. The van der Waals surface area contributed by atoms with Crippen molar-refractivity contribution in [2.45, 2.75) is 0 Å². The van der Waals surface area contributed by atoms with Crippen LogP contribution in [0, 0.1) is 0 Å². The molecular weight excluding hydrogens is 219 g/mol. The quantitative estimate of drug-likeness (QED) is 0.497. The van der Waals surface area contributed by atoms with Gasteiger partial charge in [-0.25, -0.2) is 0 Å². The van der Waals surface area contributed by atoms with Crippen molar-refractivity contribution < 1.29 is 5.02 Å². The van der Waals surface area contributed by atoms with Gasteiger partial charge in [0.25, 0.3) is 0 Å². The number of rotatable bonds is 1. The fourth-order valence-electron chi connectivity index (χ4n) is 2.94. The highest BCUT2D eigenvalue weighted by molar-refractivity contribution is 6.51. The molecule has 0 atom stereocenters. The van der Waals surface area contributed by atoms with Gasteiger partial charge in [0, 0.05) is 0 Å². The van der Waals surface area contributed by atoms with Crippen molar-refractivity contribution >= 4 is 23.7 Å². The molecule has 4 rings (SSSR count). The molecule has 1 aliphatic carbocycles. The molecule has 0 aromatic heterocycles. The number of benzene rings is 3. The van der Waals surface area contributed by atoms with E-state index >= 15 is 0 Å². The van der Waals surface area contributed by atoms with E-state index in [4.69, 9.17) is 0 Å². The third-order valence-electron chi connectivity index (χ3n) is 3.72. The van der Waals surface area contributed by atoms with E-state index in [9.17, 15) is 5.02 Å². The van der Waals surface area contributed by atoms with Crippen LogP contribution in [0.3, 0.4) is 0 Å². The Bertz CT molecular complexity index is 748. The molecule has 0 heterocycles. The van der Waals surface area contributed by atoms with Gasteiger partial charge in [0.2, 0.25) is 0 Å². The standard InChI is InChI=1S/C16H10BO/c18-17-15-9-8-13-11-5-2-1-4-10(11)12-6-3-7-14(15)16(12)13/h1-9,18H.